The molecule has 2 aliphatic heterocycles. The minimum absolute atomic E-state index is 0.475. The van der Waals surface area contributed by atoms with E-state index in [2.05, 4.69) is 50.3 Å². The maximum Gasteiger partial charge on any atom is 0.240 e. The fraction of sp³-hybridized carbons (Fsp3) is 0.636. The van der Waals surface area contributed by atoms with Gasteiger partial charge in [0.2, 0.25) is 5.89 Å². The third kappa shape index (κ3) is 3.81. The van der Waals surface area contributed by atoms with E-state index in [4.69, 9.17) is 4.52 Å². The van der Waals surface area contributed by atoms with Crippen molar-refractivity contribution in [3.05, 3.63) is 47.6 Å². The van der Waals surface area contributed by atoms with Crippen molar-refractivity contribution in [1.82, 2.24) is 19.9 Å². The molecule has 1 aromatic heterocycles. The molecule has 3 heterocycles. The van der Waals surface area contributed by atoms with Gasteiger partial charge in [-0.3, -0.25) is 9.80 Å². The second-order valence-electron chi connectivity index (χ2n) is 8.98. The third-order valence-electron chi connectivity index (χ3n) is 6.85. The normalized spacial score (nSPS) is 26.5. The molecule has 144 valence electrons. The highest BCUT2D eigenvalue weighted by Gasteiger charge is 2.45. The van der Waals surface area contributed by atoms with E-state index in [-0.39, 0.29) is 0 Å². The summed E-state index contributed by atoms with van der Waals surface area (Å²) in [6, 6.07) is 12.1. The Balaban J connectivity index is 1.28. The van der Waals surface area contributed by atoms with Gasteiger partial charge in [-0.05, 0) is 69.0 Å². The van der Waals surface area contributed by atoms with Crippen molar-refractivity contribution in [2.24, 2.45) is 5.41 Å². The Kier molecular flexibility index (Phi) is 4.52. The number of hydrogen-bond donors (Lipinski definition) is 0. The van der Waals surface area contributed by atoms with Crippen LogP contribution in [0, 0.1) is 12.3 Å². The number of nitrogens with zero attached hydrogens (tertiary/aromatic N) is 4. The summed E-state index contributed by atoms with van der Waals surface area (Å²) < 4.78 is 5.32. The van der Waals surface area contributed by atoms with Gasteiger partial charge in [0.25, 0.3) is 0 Å². The maximum atomic E-state index is 5.32. The monoisotopic (exact) mass is 366 g/mol. The highest BCUT2D eigenvalue weighted by molar-refractivity contribution is 5.22. The first kappa shape index (κ1) is 17.4. The van der Waals surface area contributed by atoms with Crippen LogP contribution >= 0.6 is 0 Å². The van der Waals surface area contributed by atoms with Crippen molar-refractivity contribution < 1.29 is 4.52 Å². The topological polar surface area (TPSA) is 45.4 Å². The molecule has 0 radical (unpaired) electrons. The van der Waals surface area contributed by atoms with Gasteiger partial charge in [0.15, 0.2) is 5.82 Å². The fourth-order valence-corrected chi connectivity index (χ4v) is 5.24. The lowest BCUT2D eigenvalue weighted by atomic mass is 9.68. The Morgan fingerprint density at radius 2 is 1.93 bits per heavy atom. The van der Waals surface area contributed by atoms with Gasteiger partial charge in [-0.15, -0.1) is 0 Å². The van der Waals surface area contributed by atoms with E-state index in [0.29, 0.717) is 11.3 Å². The minimum Gasteiger partial charge on any atom is -0.338 e. The molecule has 1 atom stereocenters. The molecule has 0 bridgehead atoms. The zero-order chi connectivity index (χ0) is 18.3. The zero-order valence-corrected chi connectivity index (χ0v) is 16.3. The van der Waals surface area contributed by atoms with Crippen molar-refractivity contribution in [2.75, 3.05) is 26.2 Å². The van der Waals surface area contributed by atoms with Crippen LogP contribution in [0.4, 0.5) is 0 Å². The molecule has 27 heavy (non-hydrogen) atoms. The van der Waals surface area contributed by atoms with E-state index in [0.717, 1.165) is 37.4 Å². The van der Waals surface area contributed by atoms with E-state index in [1.807, 2.05) is 6.92 Å². The first-order valence-electron chi connectivity index (χ1n) is 10.5. The average Bonchev–Trinajstić information content (AvgIpc) is 3.47. The highest BCUT2D eigenvalue weighted by Crippen LogP contribution is 2.47. The number of aromatic nitrogens is 2. The summed E-state index contributed by atoms with van der Waals surface area (Å²) in [5.74, 6) is 2.18. The Morgan fingerprint density at radius 1 is 1.15 bits per heavy atom. The first-order chi connectivity index (χ1) is 13.2. The van der Waals surface area contributed by atoms with Crippen LogP contribution in [-0.2, 0) is 6.54 Å². The van der Waals surface area contributed by atoms with Gasteiger partial charge in [0.05, 0.1) is 6.54 Å². The molecule has 3 fully saturated rings. The SMILES string of the molecule is Cc1noc(CN2CCC3(CC2)CC(c2ccccc2)CN(C2CC2)C3)n1. The molecule has 1 spiro atoms. The van der Waals surface area contributed by atoms with Crippen LogP contribution in [0.3, 0.4) is 0 Å². The van der Waals surface area contributed by atoms with Crippen LogP contribution in [-0.4, -0.2) is 52.2 Å². The van der Waals surface area contributed by atoms with E-state index in [9.17, 15) is 0 Å². The van der Waals surface area contributed by atoms with Gasteiger partial charge in [-0.1, -0.05) is 35.5 Å². The first-order valence-corrected chi connectivity index (χ1v) is 10.5. The van der Waals surface area contributed by atoms with E-state index in [1.165, 1.54) is 50.8 Å². The summed E-state index contributed by atoms with van der Waals surface area (Å²) in [4.78, 5) is 9.69. The van der Waals surface area contributed by atoms with Crippen LogP contribution < -0.4 is 0 Å². The lowest BCUT2D eigenvalue weighted by Crippen LogP contribution is -2.52. The van der Waals surface area contributed by atoms with Gasteiger partial charge in [-0.2, -0.15) is 4.98 Å². The number of aryl methyl sites for hydroxylation is 1. The predicted octanol–water partition coefficient (Wildman–Crippen LogP) is 3.61. The zero-order valence-electron chi connectivity index (χ0n) is 16.3. The summed E-state index contributed by atoms with van der Waals surface area (Å²) in [6.45, 7) is 7.51. The summed E-state index contributed by atoms with van der Waals surface area (Å²) in [7, 11) is 0. The third-order valence-corrected chi connectivity index (χ3v) is 6.85. The number of rotatable bonds is 4. The molecule has 1 saturated carbocycles. The smallest absolute Gasteiger partial charge is 0.240 e. The second kappa shape index (κ2) is 7.02. The van der Waals surface area contributed by atoms with Crippen molar-refractivity contribution in [2.45, 2.75) is 57.5 Å². The highest BCUT2D eigenvalue weighted by atomic mass is 16.5. The lowest BCUT2D eigenvalue weighted by Gasteiger charge is -2.50. The van der Waals surface area contributed by atoms with Crippen LogP contribution in [0.25, 0.3) is 0 Å². The number of likely N-dealkylation sites (tertiary alicyclic amines) is 2. The van der Waals surface area contributed by atoms with Gasteiger partial charge in [0, 0.05) is 19.1 Å². The maximum absolute atomic E-state index is 5.32. The molecule has 3 aliphatic rings. The molecular weight excluding hydrogens is 336 g/mol. The summed E-state index contributed by atoms with van der Waals surface area (Å²) in [5.41, 5.74) is 2.01. The molecule has 5 rings (SSSR count). The van der Waals surface area contributed by atoms with E-state index < -0.39 is 0 Å². The van der Waals surface area contributed by atoms with Crippen LogP contribution in [0.5, 0.6) is 0 Å². The van der Waals surface area contributed by atoms with Gasteiger partial charge >= 0.3 is 0 Å². The Morgan fingerprint density at radius 3 is 2.59 bits per heavy atom. The second-order valence-corrected chi connectivity index (χ2v) is 8.98. The van der Waals surface area contributed by atoms with Gasteiger partial charge in [0.1, 0.15) is 0 Å². The van der Waals surface area contributed by atoms with Crippen molar-refractivity contribution in [1.29, 1.82) is 0 Å². The summed E-state index contributed by atoms with van der Waals surface area (Å²) >= 11 is 0. The largest absolute Gasteiger partial charge is 0.338 e. The van der Waals surface area contributed by atoms with Gasteiger partial charge < -0.3 is 4.52 Å². The Labute approximate surface area is 161 Å². The number of benzene rings is 1. The van der Waals surface area contributed by atoms with Crippen LogP contribution in [0.15, 0.2) is 34.9 Å². The molecule has 2 saturated heterocycles. The van der Waals surface area contributed by atoms with Crippen molar-refractivity contribution in [3.63, 3.8) is 0 Å². The Hall–Kier alpha value is -1.72. The van der Waals surface area contributed by atoms with Gasteiger partial charge in [-0.25, -0.2) is 0 Å². The molecular formula is C22H30N4O. The Bertz CT molecular complexity index is 762. The summed E-state index contributed by atoms with van der Waals surface area (Å²) in [6.07, 6.45) is 6.72. The average molecular weight is 367 g/mol. The number of piperidine rings is 2. The number of hydrogen-bond acceptors (Lipinski definition) is 5. The lowest BCUT2D eigenvalue weighted by molar-refractivity contribution is 0.00610. The van der Waals surface area contributed by atoms with Crippen LogP contribution in [0.2, 0.25) is 0 Å². The van der Waals surface area contributed by atoms with Crippen molar-refractivity contribution in [3.8, 4) is 0 Å². The molecule has 1 aliphatic carbocycles. The molecule has 5 heteroatoms. The summed E-state index contributed by atoms with van der Waals surface area (Å²) in [5, 5.41) is 3.93. The molecule has 0 amide bonds. The quantitative estimate of drug-likeness (QED) is 0.827. The molecule has 2 aromatic rings. The molecule has 0 N–H and O–H groups in total. The predicted molar refractivity (Wildman–Crippen MR) is 104 cm³/mol. The standard InChI is InChI=1S/C22H30N4O/c1-17-23-21(27-24-17)15-25-11-9-22(10-12-25)13-19(18-5-3-2-4-6-18)14-26(16-22)20-7-8-20/h2-6,19-20H,7-16H2,1H3. The van der Waals surface area contributed by atoms with Crippen molar-refractivity contribution >= 4 is 0 Å². The fourth-order valence-electron chi connectivity index (χ4n) is 5.24. The molecule has 5 nitrogen and oxygen atoms in total. The van der Waals surface area contributed by atoms with Crippen LogP contribution in [0.1, 0.15) is 55.3 Å². The van der Waals surface area contributed by atoms with E-state index >= 15 is 0 Å². The molecule has 1 unspecified atom stereocenters. The molecule has 1 aromatic carbocycles. The van der Waals surface area contributed by atoms with E-state index in [1.54, 1.807) is 0 Å². The minimum atomic E-state index is 0.475.